The second kappa shape index (κ2) is 6.34. The second-order valence-electron chi connectivity index (χ2n) is 5.10. The van der Waals surface area contributed by atoms with Gasteiger partial charge in [0.15, 0.2) is 0 Å². The molecule has 1 N–H and O–H groups in total. The van der Waals surface area contributed by atoms with Crippen molar-refractivity contribution >= 4 is 26.5 Å². The molecule has 0 saturated heterocycles. The van der Waals surface area contributed by atoms with E-state index in [-0.39, 0.29) is 17.1 Å². The third-order valence-electron chi connectivity index (χ3n) is 3.54. The molecule has 3 rings (SSSR count). The Hall–Kier alpha value is -2.84. The number of non-ortho nitro benzene ring substituents is 1. The molecule has 0 bridgehead atoms. The summed E-state index contributed by atoms with van der Waals surface area (Å²) >= 11 is 0. The second-order valence-corrected chi connectivity index (χ2v) is 6.84. The van der Waals surface area contributed by atoms with Crippen molar-refractivity contribution in [2.24, 2.45) is 0 Å². The van der Waals surface area contributed by atoms with Gasteiger partial charge in [0, 0.05) is 41.8 Å². The summed E-state index contributed by atoms with van der Waals surface area (Å²) in [4.78, 5) is 14.3. The first-order valence-electron chi connectivity index (χ1n) is 7.03. The van der Waals surface area contributed by atoms with Crippen LogP contribution in [0.25, 0.3) is 10.8 Å². The predicted octanol–water partition coefficient (Wildman–Crippen LogP) is 2.62. The Kier molecular flexibility index (Phi) is 4.24. The van der Waals surface area contributed by atoms with E-state index in [1.807, 2.05) is 0 Å². The number of hydrogen-bond donors (Lipinski definition) is 1. The molecule has 0 unspecified atom stereocenters. The molecule has 8 heteroatoms. The number of nitrogens with zero attached hydrogens (tertiary/aromatic N) is 2. The van der Waals surface area contributed by atoms with Crippen LogP contribution in [0.15, 0.2) is 65.8 Å². The first kappa shape index (κ1) is 16.0. The minimum Gasteiger partial charge on any atom is -0.264 e. The fraction of sp³-hybridized carbons (Fsp3) is 0.0625. The van der Waals surface area contributed by atoms with Crippen LogP contribution in [0.5, 0.6) is 0 Å². The van der Waals surface area contributed by atoms with Gasteiger partial charge in [-0.25, -0.2) is 13.1 Å². The van der Waals surface area contributed by atoms with E-state index in [4.69, 9.17) is 0 Å². The van der Waals surface area contributed by atoms with Crippen molar-refractivity contribution in [1.82, 2.24) is 9.71 Å². The van der Waals surface area contributed by atoms with E-state index in [1.54, 1.807) is 24.4 Å². The Balaban J connectivity index is 1.84. The number of aromatic nitrogens is 1. The number of nitro groups is 1. The number of nitrogens with one attached hydrogen (secondary N) is 1. The molecule has 2 aromatic carbocycles. The molecule has 1 heterocycles. The Morgan fingerprint density at radius 3 is 2.54 bits per heavy atom. The van der Waals surface area contributed by atoms with Gasteiger partial charge in [0.1, 0.15) is 0 Å². The van der Waals surface area contributed by atoms with Crippen LogP contribution in [-0.2, 0) is 16.6 Å². The normalized spacial score (nSPS) is 11.5. The van der Waals surface area contributed by atoms with Gasteiger partial charge >= 0.3 is 0 Å². The molecule has 0 spiro atoms. The van der Waals surface area contributed by atoms with Crippen molar-refractivity contribution in [3.8, 4) is 0 Å². The highest BCUT2D eigenvalue weighted by Crippen LogP contribution is 2.22. The van der Waals surface area contributed by atoms with Crippen molar-refractivity contribution in [3.05, 3.63) is 76.6 Å². The van der Waals surface area contributed by atoms with E-state index in [2.05, 4.69) is 9.71 Å². The summed E-state index contributed by atoms with van der Waals surface area (Å²) in [6, 6.07) is 12.3. The number of rotatable bonds is 5. The summed E-state index contributed by atoms with van der Waals surface area (Å²) in [5.74, 6) is 0. The average molecular weight is 343 g/mol. The Morgan fingerprint density at radius 1 is 1.08 bits per heavy atom. The molecule has 0 saturated carbocycles. The van der Waals surface area contributed by atoms with E-state index in [0.29, 0.717) is 10.9 Å². The maximum absolute atomic E-state index is 12.6. The van der Waals surface area contributed by atoms with E-state index >= 15 is 0 Å². The Morgan fingerprint density at radius 2 is 1.83 bits per heavy atom. The molecule has 0 amide bonds. The lowest BCUT2D eigenvalue weighted by atomic mass is 10.2. The molecule has 0 atom stereocenters. The number of pyridine rings is 1. The molecule has 0 aliphatic heterocycles. The smallest absolute Gasteiger partial charge is 0.264 e. The van der Waals surface area contributed by atoms with Gasteiger partial charge in [-0.3, -0.25) is 15.1 Å². The average Bonchev–Trinajstić information content (AvgIpc) is 2.60. The Bertz CT molecular complexity index is 996. The highest BCUT2D eigenvalue weighted by Gasteiger charge is 2.17. The van der Waals surface area contributed by atoms with E-state index in [0.717, 1.165) is 5.39 Å². The quantitative estimate of drug-likeness (QED) is 0.567. The first-order valence-corrected chi connectivity index (χ1v) is 8.51. The zero-order valence-corrected chi connectivity index (χ0v) is 13.2. The lowest BCUT2D eigenvalue weighted by molar-refractivity contribution is -0.384. The molecule has 0 radical (unpaired) electrons. The molecule has 122 valence electrons. The van der Waals surface area contributed by atoms with Crippen LogP contribution in [0.3, 0.4) is 0 Å². The lowest BCUT2D eigenvalue weighted by Crippen LogP contribution is -2.23. The van der Waals surface area contributed by atoms with Crippen LogP contribution in [0.4, 0.5) is 5.69 Å². The molecule has 0 aliphatic rings. The summed E-state index contributed by atoms with van der Waals surface area (Å²) in [6.07, 6.45) is 3.14. The monoisotopic (exact) mass is 343 g/mol. The molecule has 24 heavy (non-hydrogen) atoms. The number of sulfonamides is 1. The zero-order valence-electron chi connectivity index (χ0n) is 12.4. The standard InChI is InChI=1S/C16H13N3O4S/c20-19(21)14-6-4-12(5-7-14)10-18-24(22,23)16-3-1-2-13-11-17-9-8-15(13)16/h1-9,11,18H,10H2. The van der Waals surface area contributed by atoms with Crippen molar-refractivity contribution in [2.45, 2.75) is 11.4 Å². The summed E-state index contributed by atoms with van der Waals surface area (Å²) in [5, 5.41) is 11.9. The SMILES string of the molecule is O=[N+]([O-])c1ccc(CNS(=O)(=O)c2cccc3cnccc23)cc1. The van der Waals surface area contributed by atoms with Gasteiger partial charge in [-0.05, 0) is 17.7 Å². The van der Waals surface area contributed by atoms with Crippen LogP contribution >= 0.6 is 0 Å². The minimum absolute atomic E-state index is 0.0387. The van der Waals surface area contributed by atoms with E-state index < -0.39 is 14.9 Å². The van der Waals surface area contributed by atoms with Crippen molar-refractivity contribution in [3.63, 3.8) is 0 Å². The van der Waals surface area contributed by atoms with Gasteiger partial charge in [-0.1, -0.05) is 24.3 Å². The van der Waals surface area contributed by atoms with Gasteiger partial charge in [0.05, 0.1) is 9.82 Å². The molecule has 1 aromatic heterocycles. The largest absolute Gasteiger partial charge is 0.269 e. The number of benzene rings is 2. The minimum atomic E-state index is -3.72. The van der Waals surface area contributed by atoms with Crippen molar-refractivity contribution in [2.75, 3.05) is 0 Å². The van der Waals surface area contributed by atoms with Crippen LogP contribution in [0, 0.1) is 10.1 Å². The number of hydrogen-bond acceptors (Lipinski definition) is 5. The van der Waals surface area contributed by atoms with Gasteiger partial charge in [0.25, 0.3) is 5.69 Å². The molecular weight excluding hydrogens is 330 g/mol. The molecule has 3 aromatic rings. The number of nitro benzene ring substituents is 1. The van der Waals surface area contributed by atoms with Crippen molar-refractivity contribution in [1.29, 1.82) is 0 Å². The van der Waals surface area contributed by atoms with Gasteiger partial charge < -0.3 is 0 Å². The lowest BCUT2D eigenvalue weighted by Gasteiger charge is -2.09. The summed E-state index contributed by atoms with van der Waals surface area (Å²) in [5.41, 5.74) is 0.592. The summed E-state index contributed by atoms with van der Waals surface area (Å²) < 4.78 is 27.6. The van der Waals surface area contributed by atoms with Crippen LogP contribution in [0.2, 0.25) is 0 Å². The van der Waals surface area contributed by atoms with E-state index in [9.17, 15) is 18.5 Å². The molecule has 7 nitrogen and oxygen atoms in total. The zero-order chi connectivity index (χ0) is 17.2. The topological polar surface area (TPSA) is 102 Å². The highest BCUT2D eigenvalue weighted by molar-refractivity contribution is 7.89. The van der Waals surface area contributed by atoms with Crippen LogP contribution < -0.4 is 4.72 Å². The van der Waals surface area contributed by atoms with E-state index in [1.165, 1.54) is 36.5 Å². The molecule has 0 fully saturated rings. The maximum Gasteiger partial charge on any atom is 0.269 e. The first-order chi connectivity index (χ1) is 11.5. The fourth-order valence-corrected chi connectivity index (χ4v) is 3.56. The predicted molar refractivity (Wildman–Crippen MR) is 88.9 cm³/mol. The third-order valence-corrected chi connectivity index (χ3v) is 5.00. The van der Waals surface area contributed by atoms with Gasteiger partial charge in [-0.15, -0.1) is 0 Å². The highest BCUT2D eigenvalue weighted by atomic mass is 32.2. The molecular formula is C16H13N3O4S. The van der Waals surface area contributed by atoms with Crippen LogP contribution in [-0.4, -0.2) is 18.3 Å². The third kappa shape index (κ3) is 3.24. The summed E-state index contributed by atoms with van der Waals surface area (Å²) in [6.45, 7) is 0.0435. The summed E-state index contributed by atoms with van der Waals surface area (Å²) in [7, 11) is -3.72. The maximum atomic E-state index is 12.6. The molecule has 0 aliphatic carbocycles. The van der Waals surface area contributed by atoms with Crippen molar-refractivity contribution < 1.29 is 13.3 Å². The van der Waals surface area contributed by atoms with Gasteiger partial charge in [0.2, 0.25) is 10.0 Å². The number of fused-ring (bicyclic) bond motifs is 1. The fourth-order valence-electron chi connectivity index (χ4n) is 2.32. The van der Waals surface area contributed by atoms with Crippen LogP contribution in [0.1, 0.15) is 5.56 Å². The Labute approximate surface area is 138 Å². The van der Waals surface area contributed by atoms with Gasteiger partial charge in [-0.2, -0.15) is 0 Å².